The van der Waals surface area contributed by atoms with Crippen molar-refractivity contribution in [1.82, 2.24) is 19.9 Å². The summed E-state index contributed by atoms with van der Waals surface area (Å²) in [5.74, 6) is -5.70. The number of aromatic nitrogens is 3. The molecule has 1 aliphatic heterocycles. The third-order valence-electron chi connectivity index (χ3n) is 4.09. The first-order chi connectivity index (χ1) is 12.2. The Bertz CT molecular complexity index is 840. The molecule has 0 saturated carbocycles. The molecule has 1 aliphatic rings. The first-order valence-electron chi connectivity index (χ1n) is 7.52. The summed E-state index contributed by atoms with van der Waals surface area (Å²) in [6.45, 7) is 0.378. The van der Waals surface area contributed by atoms with Crippen LogP contribution >= 0.6 is 11.3 Å². The molecule has 1 fully saturated rings. The first-order valence-corrected chi connectivity index (χ1v) is 8.33. The van der Waals surface area contributed by atoms with Crippen molar-refractivity contribution in [2.45, 2.75) is 13.1 Å². The standard InChI is InChI=1S/C15H13F3N4O3S/c1-7-10(26-12(21-7)11-19-3-2-4-20-11)13(23)22-5-8(14(24)25)9(6-22)15(16,17)18/h2-4,8-9H,5-6H2,1H3,(H,24,25)/t8-,9-/m1/s1. The Kier molecular flexibility index (Phi) is 4.65. The summed E-state index contributed by atoms with van der Waals surface area (Å²) in [7, 11) is 0. The van der Waals surface area contributed by atoms with Crippen LogP contribution < -0.4 is 0 Å². The van der Waals surface area contributed by atoms with Gasteiger partial charge in [0.2, 0.25) is 0 Å². The van der Waals surface area contributed by atoms with Gasteiger partial charge < -0.3 is 10.0 Å². The molecule has 0 unspecified atom stereocenters. The summed E-state index contributed by atoms with van der Waals surface area (Å²) in [5, 5.41) is 9.43. The maximum Gasteiger partial charge on any atom is 0.394 e. The lowest BCUT2D eigenvalue weighted by Gasteiger charge is -2.18. The van der Waals surface area contributed by atoms with E-state index in [0.29, 0.717) is 16.5 Å². The number of rotatable bonds is 3. The van der Waals surface area contributed by atoms with Gasteiger partial charge in [-0.25, -0.2) is 15.0 Å². The van der Waals surface area contributed by atoms with Crippen molar-refractivity contribution in [2.75, 3.05) is 13.1 Å². The zero-order valence-corrected chi connectivity index (χ0v) is 14.2. The van der Waals surface area contributed by atoms with Gasteiger partial charge in [0.1, 0.15) is 4.88 Å². The lowest BCUT2D eigenvalue weighted by Crippen LogP contribution is -2.34. The summed E-state index contributed by atoms with van der Waals surface area (Å²) in [6.07, 6.45) is -1.68. The number of halogens is 3. The number of amides is 1. The van der Waals surface area contributed by atoms with E-state index < -0.39 is 43.0 Å². The molecule has 0 spiro atoms. The number of carbonyl (C=O) groups excluding carboxylic acids is 1. The Hall–Kier alpha value is -2.56. The molecule has 11 heteroatoms. The minimum atomic E-state index is -4.69. The van der Waals surface area contributed by atoms with Crippen molar-refractivity contribution in [3.05, 3.63) is 29.0 Å². The zero-order chi connectivity index (χ0) is 19.1. The number of carbonyl (C=O) groups is 2. The molecule has 1 saturated heterocycles. The van der Waals surface area contributed by atoms with Gasteiger partial charge in [-0.05, 0) is 13.0 Å². The molecule has 1 amide bonds. The summed E-state index contributed by atoms with van der Waals surface area (Å²) in [6, 6.07) is 1.61. The largest absolute Gasteiger partial charge is 0.481 e. The van der Waals surface area contributed by atoms with Crippen LogP contribution in [-0.2, 0) is 4.79 Å². The average Bonchev–Trinajstić information content (AvgIpc) is 3.19. The number of nitrogens with zero attached hydrogens (tertiary/aromatic N) is 4. The van der Waals surface area contributed by atoms with Crippen LogP contribution in [0.4, 0.5) is 13.2 Å². The fraction of sp³-hybridized carbons (Fsp3) is 0.400. The van der Waals surface area contributed by atoms with Crippen molar-refractivity contribution in [2.24, 2.45) is 11.8 Å². The summed E-state index contributed by atoms with van der Waals surface area (Å²) in [4.78, 5) is 37.1. The second-order valence-electron chi connectivity index (χ2n) is 5.81. The van der Waals surface area contributed by atoms with Crippen molar-refractivity contribution < 1.29 is 27.9 Å². The van der Waals surface area contributed by atoms with Crippen molar-refractivity contribution >= 4 is 23.2 Å². The molecule has 7 nitrogen and oxygen atoms in total. The van der Waals surface area contributed by atoms with Crippen LogP contribution in [0.5, 0.6) is 0 Å². The number of likely N-dealkylation sites (tertiary alicyclic amines) is 1. The van der Waals surface area contributed by atoms with E-state index in [-0.39, 0.29) is 4.88 Å². The highest BCUT2D eigenvalue weighted by Crippen LogP contribution is 2.39. The number of hydrogen-bond acceptors (Lipinski definition) is 6. The van der Waals surface area contributed by atoms with Crippen LogP contribution in [0.15, 0.2) is 18.5 Å². The molecule has 0 aromatic carbocycles. The van der Waals surface area contributed by atoms with Crippen LogP contribution in [0.25, 0.3) is 10.8 Å². The SMILES string of the molecule is Cc1nc(-c2ncccn2)sc1C(=O)N1C[C@@H](C(F)(F)F)[C@H](C(=O)O)C1. The maximum absolute atomic E-state index is 13.1. The van der Waals surface area contributed by atoms with Crippen molar-refractivity contribution in [3.8, 4) is 10.8 Å². The molecule has 0 bridgehead atoms. The van der Waals surface area contributed by atoms with E-state index in [9.17, 15) is 22.8 Å². The van der Waals surface area contributed by atoms with E-state index in [1.54, 1.807) is 13.0 Å². The van der Waals surface area contributed by atoms with Crippen LogP contribution in [0.1, 0.15) is 15.4 Å². The predicted octanol–water partition coefficient (Wildman–Crippen LogP) is 2.24. The van der Waals surface area contributed by atoms with Gasteiger partial charge in [0, 0.05) is 25.5 Å². The molecule has 26 heavy (non-hydrogen) atoms. The number of aliphatic carboxylic acids is 1. The van der Waals surface area contributed by atoms with E-state index >= 15 is 0 Å². The Morgan fingerprint density at radius 1 is 1.27 bits per heavy atom. The second-order valence-corrected chi connectivity index (χ2v) is 6.81. The lowest BCUT2D eigenvalue weighted by atomic mass is 9.96. The van der Waals surface area contributed by atoms with Gasteiger partial charge in [-0.3, -0.25) is 9.59 Å². The lowest BCUT2D eigenvalue weighted by molar-refractivity contribution is -0.187. The van der Waals surface area contributed by atoms with E-state index in [1.165, 1.54) is 12.4 Å². The number of carboxylic acids is 1. The van der Waals surface area contributed by atoms with Gasteiger partial charge in [-0.15, -0.1) is 11.3 Å². The maximum atomic E-state index is 13.1. The highest BCUT2D eigenvalue weighted by molar-refractivity contribution is 7.17. The fourth-order valence-corrected chi connectivity index (χ4v) is 3.78. The minimum Gasteiger partial charge on any atom is -0.481 e. The third kappa shape index (κ3) is 3.39. The normalized spacial score (nSPS) is 20.4. The molecule has 3 rings (SSSR count). The zero-order valence-electron chi connectivity index (χ0n) is 13.4. The number of alkyl halides is 3. The van der Waals surface area contributed by atoms with E-state index in [4.69, 9.17) is 5.11 Å². The summed E-state index contributed by atoms with van der Waals surface area (Å²) >= 11 is 0.970. The van der Waals surface area contributed by atoms with Crippen LogP contribution in [0.2, 0.25) is 0 Å². The third-order valence-corrected chi connectivity index (χ3v) is 5.23. The molecular formula is C15H13F3N4O3S. The predicted molar refractivity (Wildman–Crippen MR) is 84.5 cm³/mol. The Labute approximate surface area is 149 Å². The molecule has 2 atom stereocenters. The van der Waals surface area contributed by atoms with E-state index in [2.05, 4.69) is 15.0 Å². The Morgan fingerprint density at radius 3 is 2.46 bits per heavy atom. The molecule has 3 heterocycles. The molecule has 1 N–H and O–H groups in total. The van der Waals surface area contributed by atoms with Crippen LogP contribution in [-0.4, -0.2) is 56.1 Å². The van der Waals surface area contributed by atoms with E-state index in [0.717, 1.165) is 16.2 Å². The summed E-state index contributed by atoms with van der Waals surface area (Å²) in [5.41, 5.74) is 0.338. The fourth-order valence-electron chi connectivity index (χ4n) is 2.80. The Balaban J connectivity index is 1.86. The topological polar surface area (TPSA) is 96.3 Å². The van der Waals surface area contributed by atoms with Crippen LogP contribution in [0.3, 0.4) is 0 Å². The van der Waals surface area contributed by atoms with Gasteiger partial charge in [0.25, 0.3) is 5.91 Å². The first kappa shape index (κ1) is 18.2. The van der Waals surface area contributed by atoms with Crippen LogP contribution in [0, 0.1) is 18.8 Å². The monoisotopic (exact) mass is 386 g/mol. The molecule has 0 aliphatic carbocycles. The molecular weight excluding hydrogens is 373 g/mol. The van der Waals surface area contributed by atoms with Crippen molar-refractivity contribution in [3.63, 3.8) is 0 Å². The average molecular weight is 386 g/mol. The van der Waals surface area contributed by atoms with E-state index in [1.807, 2.05) is 0 Å². The van der Waals surface area contributed by atoms with Gasteiger partial charge in [-0.2, -0.15) is 13.2 Å². The second kappa shape index (κ2) is 6.63. The van der Waals surface area contributed by atoms with Gasteiger partial charge in [0.05, 0.1) is 17.5 Å². The quantitative estimate of drug-likeness (QED) is 0.869. The number of carboxylic acid groups (broad SMARTS) is 1. The number of hydrogen-bond donors (Lipinski definition) is 1. The highest BCUT2D eigenvalue weighted by atomic mass is 32.1. The Morgan fingerprint density at radius 2 is 1.92 bits per heavy atom. The summed E-state index contributed by atoms with van der Waals surface area (Å²) < 4.78 is 39.3. The smallest absolute Gasteiger partial charge is 0.394 e. The molecule has 0 radical (unpaired) electrons. The van der Waals surface area contributed by atoms with Gasteiger partial charge in [0.15, 0.2) is 10.8 Å². The van der Waals surface area contributed by atoms with Gasteiger partial charge in [-0.1, -0.05) is 0 Å². The minimum absolute atomic E-state index is 0.152. The van der Waals surface area contributed by atoms with Gasteiger partial charge >= 0.3 is 12.1 Å². The number of thiazole rings is 1. The molecule has 138 valence electrons. The molecule has 2 aromatic heterocycles. The van der Waals surface area contributed by atoms with Crippen molar-refractivity contribution in [1.29, 1.82) is 0 Å². The number of aryl methyl sites for hydroxylation is 1. The molecule has 2 aromatic rings. The highest BCUT2D eigenvalue weighted by Gasteiger charge is 2.53.